The molecular formula is C15H19ClN2O. The van der Waals surface area contributed by atoms with Gasteiger partial charge in [-0.05, 0) is 31.1 Å². The molecule has 0 saturated heterocycles. The van der Waals surface area contributed by atoms with Crippen LogP contribution < -0.4 is 5.73 Å². The van der Waals surface area contributed by atoms with Crippen LogP contribution in [-0.4, -0.2) is 18.2 Å². The van der Waals surface area contributed by atoms with Gasteiger partial charge in [0.25, 0.3) is 0 Å². The Morgan fingerprint density at radius 2 is 2.00 bits per heavy atom. The second-order valence-electron chi connectivity index (χ2n) is 4.77. The molecule has 1 aliphatic rings. The summed E-state index contributed by atoms with van der Waals surface area (Å²) in [5.41, 5.74) is 9.91. The van der Waals surface area contributed by atoms with Gasteiger partial charge in [-0.2, -0.15) is 0 Å². The molecule has 102 valence electrons. The number of benzene rings is 1. The first-order chi connectivity index (χ1) is 9.00. The standard InChI is InChI=1S/C15H19ClN2O/c1-10-6-4-5-7-12(10)9-19-15-13(16)8-14(17)11(2)18(15)3/h4-8,15H,9,17H2,1-3H3. The first kappa shape index (κ1) is 14.0. The molecule has 0 bridgehead atoms. The van der Waals surface area contributed by atoms with Gasteiger partial charge in [0.2, 0.25) is 0 Å². The highest BCUT2D eigenvalue weighted by Crippen LogP contribution is 2.27. The van der Waals surface area contributed by atoms with Crippen LogP contribution in [0.1, 0.15) is 18.1 Å². The number of hydrogen-bond acceptors (Lipinski definition) is 3. The van der Waals surface area contributed by atoms with Crippen molar-refractivity contribution in [3.63, 3.8) is 0 Å². The third kappa shape index (κ3) is 2.94. The van der Waals surface area contributed by atoms with E-state index >= 15 is 0 Å². The summed E-state index contributed by atoms with van der Waals surface area (Å²) in [5.74, 6) is 0. The van der Waals surface area contributed by atoms with Gasteiger partial charge in [-0.1, -0.05) is 35.9 Å². The Kier molecular flexibility index (Phi) is 4.17. The maximum absolute atomic E-state index is 6.22. The summed E-state index contributed by atoms with van der Waals surface area (Å²) < 4.78 is 5.93. The minimum atomic E-state index is -0.270. The number of allylic oxidation sites excluding steroid dienone is 2. The number of likely N-dealkylation sites (N-methyl/N-ethyl adjacent to an activating group) is 1. The average Bonchev–Trinajstić information content (AvgIpc) is 2.38. The molecular weight excluding hydrogens is 260 g/mol. The molecule has 0 fully saturated rings. The molecule has 0 aliphatic carbocycles. The van der Waals surface area contributed by atoms with Gasteiger partial charge >= 0.3 is 0 Å². The molecule has 0 amide bonds. The number of halogens is 1. The fourth-order valence-corrected chi connectivity index (χ4v) is 2.35. The zero-order valence-electron chi connectivity index (χ0n) is 11.5. The molecule has 2 rings (SSSR count). The number of rotatable bonds is 3. The zero-order chi connectivity index (χ0) is 14.0. The molecule has 0 saturated carbocycles. The minimum Gasteiger partial charge on any atom is -0.397 e. The predicted molar refractivity (Wildman–Crippen MR) is 78.3 cm³/mol. The largest absolute Gasteiger partial charge is 0.397 e. The molecule has 1 unspecified atom stereocenters. The molecule has 0 radical (unpaired) electrons. The smallest absolute Gasteiger partial charge is 0.167 e. The van der Waals surface area contributed by atoms with E-state index in [2.05, 4.69) is 19.1 Å². The Bertz CT molecular complexity index is 537. The van der Waals surface area contributed by atoms with E-state index in [0.29, 0.717) is 17.3 Å². The lowest BCUT2D eigenvalue weighted by molar-refractivity contribution is -0.0146. The SMILES string of the molecule is CC1=C(N)C=C(Cl)C(OCc2ccccc2C)N1C. The average molecular weight is 279 g/mol. The third-order valence-corrected chi connectivity index (χ3v) is 3.78. The van der Waals surface area contributed by atoms with Gasteiger partial charge in [0.1, 0.15) is 0 Å². The van der Waals surface area contributed by atoms with Crippen LogP contribution in [0, 0.1) is 6.92 Å². The van der Waals surface area contributed by atoms with E-state index in [1.165, 1.54) is 11.1 Å². The van der Waals surface area contributed by atoms with Gasteiger partial charge < -0.3 is 15.4 Å². The molecule has 1 aromatic carbocycles. The van der Waals surface area contributed by atoms with Crippen LogP contribution in [0.25, 0.3) is 0 Å². The van der Waals surface area contributed by atoms with Crippen LogP contribution in [0.2, 0.25) is 0 Å². The van der Waals surface area contributed by atoms with Crippen molar-refractivity contribution >= 4 is 11.6 Å². The Balaban J connectivity index is 2.09. The van der Waals surface area contributed by atoms with Crippen molar-refractivity contribution in [2.45, 2.75) is 26.7 Å². The van der Waals surface area contributed by atoms with Crippen molar-refractivity contribution in [2.24, 2.45) is 5.73 Å². The minimum absolute atomic E-state index is 0.270. The molecule has 1 atom stereocenters. The third-order valence-electron chi connectivity index (χ3n) is 3.49. The van der Waals surface area contributed by atoms with Crippen molar-refractivity contribution in [2.75, 3.05) is 7.05 Å². The summed E-state index contributed by atoms with van der Waals surface area (Å²) in [6, 6.07) is 8.17. The Hall–Kier alpha value is -1.45. The summed E-state index contributed by atoms with van der Waals surface area (Å²) in [6.07, 6.45) is 1.49. The monoisotopic (exact) mass is 278 g/mol. The molecule has 4 heteroatoms. The normalized spacial score (nSPS) is 19.7. The van der Waals surface area contributed by atoms with Gasteiger partial charge in [0.05, 0.1) is 17.3 Å². The summed E-state index contributed by atoms with van der Waals surface area (Å²) in [5, 5.41) is 0.610. The summed E-state index contributed by atoms with van der Waals surface area (Å²) in [4.78, 5) is 1.95. The fourth-order valence-electron chi connectivity index (χ4n) is 2.02. The van der Waals surface area contributed by atoms with E-state index in [-0.39, 0.29) is 6.23 Å². The lowest BCUT2D eigenvalue weighted by Crippen LogP contribution is -2.37. The van der Waals surface area contributed by atoms with Crippen molar-refractivity contribution in [1.29, 1.82) is 0 Å². The summed E-state index contributed by atoms with van der Waals surface area (Å²) in [7, 11) is 1.93. The fraction of sp³-hybridized carbons (Fsp3) is 0.333. The lowest BCUT2D eigenvalue weighted by atomic mass is 10.1. The zero-order valence-corrected chi connectivity index (χ0v) is 12.2. The van der Waals surface area contributed by atoms with Crippen LogP contribution in [0.5, 0.6) is 0 Å². The van der Waals surface area contributed by atoms with E-state index in [4.69, 9.17) is 22.1 Å². The number of nitrogens with two attached hydrogens (primary N) is 1. The van der Waals surface area contributed by atoms with Crippen molar-refractivity contribution in [1.82, 2.24) is 4.90 Å². The van der Waals surface area contributed by atoms with E-state index in [1.54, 1.807) is 6.08 Å². The van der Waals surface area contributed by atoms with Crippen LogP contribution >= 0.6 is 11.6 Å². The molecule has 1 aliphatic heterocycles. The first-order valence-corrected chi connectivity index (χ1v) is 6.61. The topological polar surface area (TPSA) is 38.5 Å². The maximum Gasteiger partial charge on any atom is 0.167 e. The Labute approximate surface area is 119 Å². The first-order valence-electron chi connectivity index (χ1n) is 6.23. The number of aryl methyl sites for hydroxylation is 1. The highest BCUT2D eigenvalue weighted by Gasteiger charge is 2.24. The second kappa shape index (κ2) is 5.68. The summed E-state index contributed by atoms with van der Waals surface area (Å²) >= 11 is 6.22. The molecule has 1 aromatic rings. The van der Waals surface area contributed by atoms with Gasteiger partial charge in [-0.3, -0.25) is 0 Å². The molecule has 1 heterocycles. The van der Waals surface area contributed by atoms with E-state index in [1.807, 2.05) is 31.0 Å². The number of nitrogens with zero attached hydrogens (tertiary/aromatic N) is 1. The molecule has 0 aromatic heterocycles. The molecule has 3 nitrogen and oxygen atoms in total. The van der Waals surface area contributed by atoms with Gasteiger partial charge in [-0.15, -0.1) is 0 Å². The van der Waals surface area contributed by atoms with Gasteiger partial charge in [0.15, 0.2) is 6.23 Å². The second-order valence-corrected chi connectivity index (χ2v) is 5.21. The van der Waals surface area contributed by atoms with Crippen molar-refractivity contribution in [3.8, 4) is 0 Å². The van der Waals surface area contributed by atoms with Crippen LogP contribution in [0.4, 0.5) is 0 Å². The highest BCUT2D eigenvalue weighted by molar-refractivity contribution is 6.30. The molecule has 2 N–H and O–H groups in total. The van der Waals surface area contributed by atoms with Gasteiger partial charge in [0, 0.05) is 12.7 Å². The van der Waals surface area contributed by atoms with E-state index < -0.39 is 0 Å². The van der Waals surface area contributed by atoms with E-state index in [9.17, 15) is 0 Å². The quantitative estimate of drug-likeness (QED) is 0.923. The predicted octanol–water partition coefficient (Wildman–Crippen LogP) is 3.10. The molecule has 19 heavy (non-hydrogen) atoms. The Morgan fingerprint density at radius 3 is 2.68 bits per heavy atom. The van der Waals surface area contributed by atoms with Crippen LogP contribution in [0.3, 0.4) is 0 Å². The molecule has 0 spiro atoms. The summed E-state index contributed by atoms with van der Waals surface area (Å²) in [6.45, 7) is 4.56. The number of ether oxygens (including phenoxy) is 1. The van der Waals surface area contributed by atoms with Crippen molar-refractivity contribution in [3.05, 3.63) is 57.9 Å². The maximum atomic E-state index is 6.22. The van der Waals surface area contributed by atoms with Crippen LogP contribution in [0.15, 0.2) is 46.8 Å². The van der Waals surface area contributed by atoms with Crippen LogP contribution in [-0.2, 0) is 11.3 Å². The Morgan fingerprint density at radius 1 is 1.32 bits per heavy atom. The lowest BCUT2D eigenvalue weighted by Gasteiger charge is -2.34. The van der Waals surface area contributed by atoms with Crippen molar-refractivity contribution < 1.29 is 4.74 Å². The van der Waals surface area contributed by atoms with E-state index in [0.717, 1.165) is 5.70 Å². The highest BCUT2D eigenvalue weighted by atomic mass is 35.5. The number of hydrogen-bond donors (Lipinski definition) is 1. The van der Waals surface area contributed by atoms with Gasteiger partial charge in [-0.25, -0.2) is 0 Å².